The number of methoxy groups -OCH3 is 1. The first-order chi connectivity index (χ1) is 14.1. The lowest BCUT2D eigenvalue weighted by molar-refractivity contribution is -0.121. The third-order valence-electron chi connectivity index (χ3n) is 5.22. The Hall–Kier alpha value is -3.13. The van der Waals surface area contributed by atoms with Crippen LogP contribution in [0.15, 0.2) is 48.5 Å². The van der Waals surface area contributed by atoms with Crippen molar-refractivity contribution in [1.82, 2.24) is 9.80 Å². The number of piperazine rings is 1. The molecular formula is C21H22FN3O4. The molecule has 1 atom stereocenters. The van der Waals surface area contributed by atoms with Gasteiger partial charge in [0, 0.05) is 26.2 Å². The van der Waals surface area contributed by atoms with E-state index in [-0.39, 0.29) is 17.8 Å². The maximum atomic E-state index is 13.0. The molecule has 3 amide bonds. The molecule has 0 aliphatic carbocycles. The lowest BCUT2D eigenvalue weighted by Crippen LogP contribution is -2.53. The van der Waals surface area contributed by atoms with Gasteiger partial charge in [0.2, 0.25) is 0 Å². The molecule has 2 heterocycles. The van der Waals surface area contributed by atoms with Crippen molar-refractivity contribution in [2.24, 2.45) is 0 Å². The number of amides is 3. The van der Waals surface area contributed by atoms with Crippen LogP contribution in [0.5, 0.6) is 11.5 Å². The monoisotopic (exact) mass is 399 g/mol. The second-order valence-electron chi connectivity index (χ2n) is 6.94. The fourth-order valence-electron chi connectivity index (χ4n) is 3.71. The second-order valence-corrected chi connectivity index (χ2v) is 6.94. The number of carbonyl (C=O) groups is 2. The van der Waals surface area contributed by atoms with Gasteiger partial charge in [-0.05, 0) is 36.4 Å². The van der Waals surface area contributed by atoms with Crippen molar-refractivity contribution in [2.75, 3.05) is 44.8 Å². The number of nitrogens with zero attached hydrogens (tertiary/aromatic N) is 3. The molecule has 0 N–H and O–H groups in total. The largest absolute Gasteiger partial charge is 0.495 e. The van der Waals surface area contributed by atoms with Gasteiger partial charge in [-0.15, -0.1) is 0 Å². The molecule has 0 spiro atoms. The normalized spacial score (nSPS) is 19.4. The summed E-state index contributed by atoms with van der Waals surface area (Å²) in [6.45, 7) is 2.59. The fraction of sp³-hybridized carbons (Fsp3) is 0.333. The van der Waals surface area contributed by atoms with Crippen LogP contribution in [-0.2, 0) is 4.79 Å². The van der Waals surface area contributed by atoms with E-state index in [1.54, 1.807) is 41.3 Å². The maximum absolute atomic E-state index is 13.0. The van der Waals surface area contributed by atoms with Crippen molar-refractivity contribution in [3.8, 4) is 11.5 Å². The maximum Gasteiger partial charge on any atom is 0.332 e. The number of ether oxygens (including phenoxy) is 2. The molecule has 2 aromatic carbocycles. The lowest BCUT2D eigenvalue weighted by Gasteiger charge is -2.35. The number of imide groups is 1. The SMILES string of the molecule is COc1ccccc1N1C(=O)C2CN(CCOc3ccc(F)cc3)CCN2C1=O. The van der Waals surface area contributed by atoms with Crippen molar-refractivity contribution >= 4 is 17.6 Å². The predicted molar refractivity (Wildman–Crippen MR) is 105 cm³/mol. The van der Waals surface area contributed by atoms with Gasteiger partial charge in [0.25, 0.3) is 5.91 Å². The number of carbonyl (C=O) groups excluding carboxylic acids is 2. The Morgan fingerprint density at radius 1 is 1.07 bits per heavy atom. The van der Waals surface area contributed by atoms with Gasteiger partial charge >= 0.3 is 6.03 Å². The van der Waals surface area contributed by atoms with E-state index >= 15 is 0 Å². The number of hydrogen-bond donors (Lipinski definition) is 0. The zero-order valence-corrected chi connectivity index (χ0v) is 16.1. The van der Waals surface area contributed by atoms with Crippen LogP contribution in [0.3, 0.4) is 0 Å². The third kappa shape index (κ3) is 3.75. The van der Waals surface area contributed by atoms with Gasteiger partial charge in [0.15, 0.2) is 0 Å². The third-order valence-corrected chi connectivity index (χ3v) is 5.22. The Kier molecular flexibility index (Phi) is 5.35. The van der Waals surface area contributed by atoms with E-state index < -0.39 is 6.04 Å². The average Bonchev–Trinajstić information content (AvgIpc) is 2.99. The molecule has 8 heteroatoms. The number of para-hydroxylation sites is 2. The summed E-state index contributed by atoms with van der Waals surface area (Å²) in [6.07, 6.45) is 0. The summed E-state index contributed by atoms with van der Waals surface area (Å²) in [6, 6.07) is 12.0. The van der Waals surface area contributed by atoms with Crippen LogP contribution in [0, 0.1) is 5.82 Å². The van der Waals surface area contributed by atoms with E-state index in [1.807, 2.05) is 0 Å². The summed E-state index contributed by atoms with van der Waals surface area (Å²) in [5.74, 6) is 0.527. The number of benzene rings is 2. The minimum Gasteiger partial charge on any atom is -0.495 e. The molecule has 7 nitrogen and oxygen atoms in total. The Morgan fingerprint density at radius 2 is 1.83 bits per heavy atom. The first kappa shape index (κ1) is 19.2. The number of fused-ring (bicyclic) bond motifs is 1. The second kappa shape index (κ2) is 8.08. The van der Waals surface area contributed by atoms with E-state index in [2.05, 4.69) is 4.90 Å². The molecule has 2 aliphatic rings. The molecule has 2 fully saturated rings. The van der Waals surface area contributed by atoms with Crippen LogP contribution in [0.1, 0.15) is 0 Å². The minimum absolute atomic E-state index is 0.247. The molecule has 0 bridgehead atoms. The van der Waals surface area contributed by atoms with Crippen molar-refractivity contribution < 1.29 is 23.5 Å². The summed E-state index contributed by atoms with van der Waals surface area (Å²) in [7, 11) is 1.51. The molecule has 4 rings (SSSR count). The highest BCUT2D eigenvalue weighted by molar-refractivity contribution is 6.22. The zero-order chi connectivity index (χ0) is 20.4. The first-order valence-electron chi connectivity index (χ1n) is 9.47. The number of anilines is 1. The molecule has 0 radical (unpaired) electrons. The molecule has 2 saturated heterocycles. The number of rotatable bonds is 6. The standard InChI is InChI=1S/C21H22FN3O4/c1-28-19-5-3-2-4-17(19)25-20(26)18-14-23(10-11-24(18)21(25)27)12-13-29-16-8-6-15(22)7-9-16/h2-9,18H,10-14H2,1H3. The average molecular weight is 399 g/mol. The lowest BCUT2D eigenvalue weighted by atomic mass is 10.2. The Morgan fingerprint density at radius 3 is 2.59 bits per heavy atom. The Labute approximate surface area is 168 Å². The van der Waals surface area contributed by atoms with Crippen LogP contribution in [0.25, 0.3) is 0 Å². The summed E-state index contributed by atoms with van der Waals surface area (Å²) in [5, 5.41) is 0. The number of hydrogen-bond acceptors (Lipinski definition) is 5. The van der Waals surface area contributed by atoms with Crippen molar-refractivity contribution in [1.29, 1.82) is 0 Å². The number of urea groups is 1. The summed E-state index contributed by atoms with van der Waals surface area (Å²) >= 11 is 0. The van der Waals surface area contributed by atoms with Crippen molar-refractivity contribution in [3.63, 3.8) is 0 Å². The molecule has 1 unspecified atom stereocenters. The van der Waals surface area contributed by atoms with Gasteiger partial charge in [-0.2, -0.15) is 0 Å². The topological polar surface area (TPSA) is 62.3 Å². The Balaban J connectivity index is 1.39. The highest BCUT2D eigenvalue weighted by Gasteiger charge is 2.48. The van der Waals surface area contributed by atoms with Gasteiger partial charge in [0.05, 0.1) is 12.8 Å². The minimum atomic E-state index is -0.521. The highest BCUT2D eigenvalue weighted by Crippen LogP contribution is 2.33. The zero-order valence-electron chi connectivity index (χ0n) is 16.1. The van der Waals surface area contributed by atoms with Crippen LogP contribution >= 0.6 is 0 Å². The van der Waals surface area contributed by atoms with E-state index in [9.17, 15) is 14.0 Å². The van der Waals surface area contributed by atoms with Gasteiger partial charge in [-0.3, -0.25) is 9.69 Å². The highest BCUT2D eigenvalue weighted by atomic mass is 19.1. The molecule has 2 aromatic rings. The first-order valence-corrected chi connectivity index (χ1v) is 9.47. The van der Waals surface area contributed by atoms with Gasteiger partial charge < -0.3 is 14.4 Å². The fourth-order valence-corrected chi connectivity index (χ4v) is 3.71. The molecule has 29 heavy (non-hydrogen) atoms. The van der Waals surface area contributed by atoms with Crippen LogP contribution < -0.4 is 14.4 Å². The van der Waals surface area contributed by atoms with E-state index in [0.717, 1.165) is 0 Å². The van der Waals surface area contributed by atoms with E-state index in [0.29, 0.717) is 50.0 Å². The van der Waals surface area contributed by atoms with E-state index in [4.69, 9.17) is 9.47 Å². The quantitative estimate of drug-likeness (QED) is 0.698. The summed E-state index contributed by atoms with van der Waals surface area (Å²) in [5.41, 5.74) is 0.464. The molecule has 0 saturated carbocycles. The summed E-state index contributed by atoms with van der Waals surface area (Å²) < 4.78 is 23.9. The predicted octanol–water partition coefficient (Wildman–Crippen LogP) is 2.37. The van der Waals surface area contributed by atoms with Gasteiger partial charge in [-0.25, -0.2) is 14.1 Å². The Bertz CT molecular complexity index is 905. The smallest absolute Gasteiger partial charge is 0.332 e. The number of halogens is 1. The van der Waals surface area contributed by atoms with Crippen molar-refractivity contribution in [3.05, 3.63) is 54.3 Å². The molecule has 152 valence electrons. The van der Waals surface area contributed by atoms with Crippen LogP contribution in [0.4, 0.5) is 14.9 Å². The van der Waals surface area contributed by atoms with Gasteiger partial charge in [-0.1, -0.05) is 12.1 Å². The van der Waals surface area contributed by atoms with Gasteiger partial charge in [0.1, 0.15) is 30.0 Å². The molecule has 2 aliphatic heterocycles. The van der Waals surface area contributed by atoms with Crippen LogP contribution in [0.2, 0.25) is 0 Å². The summed E-state index contributed by atoms with van der Waals surface area (Å²) in [4.78, 5) is 30.8. The molecular weight excluding hydrogens is 377 g/mol. The van der Waals surface area contributed by atoms with Crippen LogP contribution in [-0.4, -0.2) is 67.7 Å². The molecule has 0 aromatic heterocycles. The van der Waals surface area contributed by atoms with E-state index in [1.165, 1.54) is 24.1 Å². The van der Waals surface area contributed by atoms with Crippen molar-refractivity contribution in [2.45, 2.75) is 6.04 Å².